The van der Waals surface area contributed by atoms with Crippen LogP contribution in [0, 0.1) is 10.1 Å². The van der Waals surface area contributed by atoms with Crippen molar-refractivity contribution in [1.29, 1.82) is 0 Å². The Hall–Kier alpha value is -5.28. The minimum absolute atomic E-state index is 0.0441. The van der Waals surface area contributed by atoms with Crippen LogP contribution in [-0.4, -0.2) is 16.6 Å². The summed E-state index contributed by atoms with van der Waals surface area (Å²) in [5.41, 5.74) is 7.05. The largest absolute Gasteiger partial charge is 0.496 e. The van der Waals surface area contributed by atoms with Crippen LogP contribution in [0.25, 0.3) is 11.8 Å². The number of hydrogen-bond donors (Lipinski definition) is 0. The number of allylic oxidation sites excluding steroid dienone is 1. The third-order valence-electron chi connectivity index (χ3n) is 8.04. The molecule has 0 unspecified atom stereocenters. The van der Waals surface area contributed by atoms with Crippen molar-refractivity contribution in [2.75, 3.05) is 7.11 Å². The quantitative estimate of drug-likeness (QED) is 0.173. The van der Waals surface area contributed by atoms with Gasteiger partial charge in [0.2, 0.25) is 0 Å². The molecule has 0 fully saturated rings. The number of thiazole rings is 1. The van der Waals surface area contributed by atoms with Crippen molar-refractivity contribution in [3.05, 3.63) is 160 Å². The number of aryl methyl sites for hydroxylation is 1. The lowest BCUT2D eigenvalue weighted by Crippen LogP contribution is -2.38. The zero-order valence-corrected chi connectivity index (χ0v) is 24.6. The molecule has 2 aliphatic rings. The number of ether oxygens (including phenoxy) is 2. The molecule has 0 radical (unpaired) electrons. The zero-order valence-electron chi connectivity index (χ0n) is 23.8. The van der Waals surface area contributed by atoms with E-state index < -0.39 is 4.92 Å². The molecule has 1 aromatic heterocycles. The molecule has 218 valence electrons. The maximum Gasteiger partial charge on any atom is 0.271 e. The van der Waals surface area contributed by atoms with Crippen molar-refractivity contribution in [2.24, 2.45) is 4.99 Å². The zero-order chi connectivity index (χ0) is 30.2. The van der Waals surface area contributed by atoms with Gasteiger partial charge in [0, 0.05) is 23.3 Å². The number of nitro groups is 1. The first-order valence-electron chi connectivity index (χ1n) is 14.2. The van der Waals surface area contributed by atoms with Crippen molar-refractivity contribution < 1.29 is 14.4 Å². The molecule has 0 saturated heterocycles. The molecule has 1 aliphatic carbocycles. The minimum atomic E-state index is -0.424. The van der Waals surface area contributed by atoms with Gasteiger partial charge in [-0.3, -0.25) is 19.5 Å². The Labute approximate surface area is 256 Å². The van der Waals surface area contributed by atoms with Gasteiger partial charge in [-0.05, 0) is 71.5 Å². The average Bonchev–Trinajstić information content (AvgIpc) is 3.37. The first-order valence-corrected chi connectivity index (χ1v) is 15.0. The molecule has 1 atom stereocenters. The fourth-order valence-corrected chi connectivity index (χ4v) is 6.88. The fourth-order valence-electron chi connectivity index (χ4n) is 5.88. The van der Waals surface area contributed by atoms with Gasteiger partial charge in [0.25, 0.3) is 11.2 Å². The van der Waals surface area contributed by atoms with Crippen LogP contribution in [0.3, 0.4) is 0 Å². The summed E-state index contributed by atoms with van der Waals surface area (Å²) in [5.74, 6) is 1.40. The van der Waals surface area contributed by atoms with Gasteiger partial charge in [0.1, 0.15) is 18.1 Å². The molecule has 0 saturated carbocycles. The Morgan fingerprint density at radius 2 is 1.73 bits per heavy atom. The smallest absolute Gasteiger partial charge is 0.271 e. The van der Waals surface area contributed by atoms with Gasteiger partial charge >= 0.3 is 0 Å². The second-order valence-electron chi connectivity index (χ2n) is 10.6. The molecule has 9 heteroatoms. The molecule has 8 nitrogen and oxygen atoms in total. The molecule has 0 N–H and O–H groups in total. The summed E-state index contributed by atoms with van der Waals surface area (Å²) in [6.07, 6.45) is 3.59. The van der Waals surface area contributed by atoms with Crippen LogP contribution in [0.4, 0.5) is 5.69 Å². The van der Waals surface area contributed by atoms with Crippen molar-refractivity contribution >= 4 is 28.8 Å². The second-order valence-corrected chi connectivity index (χ2v) is 11.6. The highest BCUT2D eigenvalue weighted by Gasteiger charge is 2.33. The van der Waals surface area contributed by atoms with Crippen LogP contribution < -0.4 is 24.4 Å². The van der Waals surface area contributed by atoms with Gasteiger partial charge in [-0.1, -0.05) is 65.9 Å². The Kier molecular flexibility index (Phi) is 7.15. The summed E-state index contributed by atoms with van der Waals surface area (Å²) in [6, 6.07) is 29.7. The number of nitrogens with zero attached hydrogens (tertiary/aromatic N) is 3. The lowest BCUT2D eigenvalue weighted by molar-refractivity contribution is -0.384. The number of para-hydroxylation sites is 1. The number of aromatic nitrogens is 1. The SMILES string of the molecule is COc1ccccc1[C@H]1C2=C(N=c3s/c(=C\c4ccc(OCc5ccc([N+](=O)[O-])cc5)cc4)c(=O)n31)c1ccccc1CC2. The molecular formula is C35H27N3O5S. The number of fused-ring (bicyclic) bond motifs is 3. The van der Waals surface area contributed by atoms with Crippen LogP contribution in [0.15, 0.2) is 112 Å². The molecular weight excluding hydrogens is 574 g/mol. The first kappa shape index (κ1) is 27.5. The van der Waals surface area contributed by atoms with Crippen LogP contribution in [-0.2, 0) is 13.0 Å². The summed E-state index contributed by atoms with van der Waals surface area (Å²) < 4.78 is 14.1. The lowest BCUT2D eigenvalue weighted by atomic mass is 9.83. The van der Waals surface area contributed by atoms with E-state index in [0.717, 1.165) is 52.1 Å². The van der Waals surface area contributed by atoms with Gasteiger partial charge in [-0.15, -0.1) is 0 Å². The van der Waals surface area contributed by atoms with Crippen LogP contribution in [0.5, 0.6) is 11.5 Å². The third-order valence-corrected chi connectivity index (χ3v) is 9.02. The topological polar surface area (TPSA) is 96.0 Å². The monoisotopic (exact) mass is 601 g/mol. The van der Waals surface area contributed by atoms with E-state index in [1.54, 1.807) is 19.2 Å². The van der Waals surface area contributed by atoms with Crippen LogP contribution >= 0.6 is 11.3 Å². The Morgan fingerprint density at radius 3 is 2.50 bits per heavy atom. The number of methoxy groups -OCH3 is 1. The van der Waals surface area contributed by atoms with Gasteiger partial charge in [-0.2, -0.15) is 0 Å². The molecule has 4 aromatic carbocycles. The molecule has 0 bridgehead atoms. The summed E-state index contributed by atoms with van der Waals surface area (Å²) >= 11 is 1.39. The van der Waals surface area contributed by atoms with Crippen molar-refractivity contribution in [3.8, 4) is 11.5 Å². The van der Waals surface area contributed by atoms with E-state index in [1.165, 1.54) is 29.0 Å². The highest BCUT2D eigenvalue weighted by molar-refractivity contribution is 7.07. The van der Waals surface area contributed by atoms with Crippen molar-refractivity contribution in [1.82, 2.24) is 4.57 Å². The number of rotatable bonds is 7. The number of benzene rings is 4. The standard InChI is InChI=1S/C35H27N3O5S/c1-42-30-9-5-4-8-28(30)33-29-19-14-24-6-2-3-7-27(24)32(29)36-35-37(33)34(39)31(44-35)20-22-12-17-26(18-13-22)43-21-23-10-15-25(16-11-23)38(40)41/h2-13,15-18,20,33H,14,19,21H2,1H3/b31-20-/t33-/m0/s1. The average molecular weight is 602 g/mol. The van der Waals surface area contributed by atoms with E-state index in [0.29, 0.717) is 15.1 Å². The van der Waals surface area contributed by atoms with Gasteiger partial charge in [-0.25, -0.2) is 4.99 Å². The van der Waals surface area contributed by atoms with E-state index in [9.17, 15) is 14.9 Å². The van der Waals surface area contributed by atoms with E-state index in [1.807, 2.05) is 65.2 Å². The predicted molar refractivity (Wildman–Crippen MR) is 170 cm³/mol. The van der Waals surface area contributed by atoms with E-state index in [4.69, 9.17) is 14.5 Å². The van der Waals surface area contributed by atoms with Gasteiger partial charge in [0.15, 0.2) is 4.80 Å². The minimum Gasteiger partial charge on any atom is -0.496 e. The Balaban J connectivity index is 1.24. The highest BCUT2D eigenvalue weighted by Crippen LogP contribution is 2.43. The summed E-state index contributed by atoms with van der Waals surface area (Å²) in [5, 5.41) is 10.9. The summed E-state index contributed by atoms with van der Waals surface area (Å²) in [6.45, 7) is 0.284. The van der Waals surface area contributed by atoms with E-state index in [-0.39, 0.29) is 23.9 Å². The molecule has 44 heavy (non-hydrogen) atoms. The van der Waals surface area contributed by atoms with Gasteiger partial charge < -0.3 is 9.47 Å². The van der Waals surface area contributed by atoms with Crippen molar-refractivity contribution in [3.63, 3.8) is 0 Å². The Bertz CT molecular complexity index is 2110. The molecule has 0 spiro atoms. The van der Waals surface area contributed by atoms with Gasteiger partial charge in [0.05, 0.1) is 28.3 Å². The van der Waals surface area contributed by atoms with Crippen LogP contribution in [0.2, 0.25) is 0 Å². The number of hydrogen-bond acceptors (Lipinski definition) is 7. The number of non-ortho nitro benzene ring substituents is 1. The first-order chi connectivity index (χ1) is 21.5. The normalized spacial score (nSPS) is 15.6. The Morgan fingerprint density at radius 1 is 0.977 bits per heavy atom. The third kappa shape index (κ3) is 5.01. The maximum absolute atomic E-state index is 14.1. The van der Waals surface area contributed by atoms with Crippen molar-refractivity contribution in [2.45, 2.75) is 25.5 Å². The fraction of sp³-hybridized carbons (Fsp3) is 0.143. The summed E-state index contributed by atoms with van der Waals surface area (Å²) in [7, 11) is 1.66. The highest BCUT2D eigenvalue weighted by atomic mass is 32.1. The molecule has 1 aliphatic heterocycles. The second kappa shape index (κ2) is 11.4. The molecule has 0 amide bonds. The lowest BCUT2D eigenvalue weighted by Gasteiger charge is -2.31. The molecule has 5 aromatic rings. The summed E-state index contributed by atoms with van der Waals surface area (Å²) in [4.78, 5) is 30.3. The van der Waals surface area contributed by atoms with Crippen LogP contribution in [0.1, 0.15) is 40.3 Å². The van der Waals surface area contributed by atoms with E-state index in [2.05, 4.69) is 18.2 Å². The number of nitro benzene ring substituents is 1. The molecule has 7 rings (SSSR count). The maximum atomic E-state index is 14.1. The molecule has 2 heterocycles. The van der Waals surface area contributed by atoms with E-state index >= 15 is 0 Å². The predicted octanol–water partition coefficient (Wildman–Crippen LogP) is 5.81.